The summed E-state index contributed by atoms with van der Waals surface area (Å²) in [5.74, 6) is -0.500. The van der Waals surface area contributed by atoms with E-state index in [2.05, 4.69) is 4.90 Å². The summed E-state index contributed by atoms with van der Waals surface area (Å²) in [7, 11) is 0. The van der Waals surface area contributed by atoms with Gasteiger partial charge in [-0.15, -0.1) is 0 Å². The fourth-order valence-corrected chi connectivity index (χ4v) is 2.68. The third-order valence-corrected chi connectivity index (χ3v) is 3.26. The fraction of sp³-hybridized carbons (Fsp3) is 0.500. The molecule has 1 atom stereocenters. The van der Waals surface area contributed by atoms with Gasteiger partial charge in [-0.25, -0.2) is 0 Å². The number of nitrogen functional groups attached to an aromatic ring is 1. The molecule has 0 bridgehead atoms. The number of primary amides is 1. The normalized spacial score (nSPS) is 22.3. The summed E-state index contributed by atoms with van der Waals surface area (Å²) in [5, 5.41) is 0. The Morgan fingerprint density at radius 2 is 2.16 bits per heavy atom. The van der Waals surface area contributed by atoms with Crippen LogP contribution >= 0.6 is 0 Å². The summed E-state index contributed by atoms with van der Waals surface area (Å²) >= 11 is 0. The predicted molar refractivity (Wildman–Crippen MR) is 76.2 cm³/mol. The van der Waals surface area contributed by atoms with Gasteiger partial charge in [0.15, 0.2) is 0 Å². The van der Waals surface area contributed by atoms with Crippen LogP contribution in [0.2, 0.25) is 0 Å². The Balaban J connectivity index is 2.36. The molecule has 1 aromatic rings. The van der Waals surface area contributed by atoms with Crippen LogP contribution in [0.4, 0.5) is 11.4 Å². The van der Waals surface area contributed by atoms with Crippen LogP contribution in [-0.2, 0) is 4.74 Å². The van der Waals surface area contributed by atoms with Crippen molar-refractivity contribution < 1.29 is 9.53 Å². The predicted octanol–water partition coefficient (Wildman–Crippen LogP) is 1.37. The van der Waals surface area contributed by atoms with E-state index in [9.17, 15) is 4.79 Å². The summed E-state index contributed by atoms with van der Waals surface area (Å²) in [6.07, 6.45) is 0.111. The number of morpholine rings is 1. The van der Waals surface area contributed by atoms with E-state index in [1.807, 2.05) is 26.8 Å². The number of benzene rings is 1. The number of carbonyl (C=O) groups is 1. The van der Waals surface area contributed by atoms with Crippen molar-refractivity contribution in [3.05, 3.63) is 23.8 Å². The molecule has 4 N–H and O–H groups in total. The molecule has 1 heterocycles. The van der Waals surface area contributed by atoms with Crippen molar-refractivity contribution >= 4 is 17.3 Å². The number of amides is 1. The zero-order valence-electron chi connectivity index (χ0n) is 11.6. The molecular weight excluding hydrogens is 242 g/mol. The van der Waals surface area contributed by atoms with Crippen LogP contribution in [-0.4, -0.2) is 30.7 Å². The molecule has 5 nitrogen and oxygen atoms in total. The lowest BCUT2D eigenvalue weighted by atomic mass is 10.0. The highest BCUT2D eigenvalue weighted by Gasteiger charge is 2.32. The SMILES string of the molecule is CC1CN(c2cccc(C(N)=O)c2N)CC(C)(C)O1. The van der Waals surface area contributed by atoms with Gasteiger partial charge in [-0.1, -0.05) is 6.07 Å². The molecule has 2 rings (SSSR count). The third-order valence-electron chi connectivity index (χ3n) is 3.26. The van der Waals surface area contributed by atoms with E-state index in [4.69, 9.17) is 16.2 Å². The molecular formula is C14H21N3O2. The molecule has 1 amide bonds. The zero-order chi connectivity index (χ0) is 14.2. The number of carbonyl (C=O) groups excluding carboxylic acids is 1. The van der Waals surface area contributed by atoms with Crippen LogP contribution in [0, 0.1) is 0 Å². The molecule has 1 aliphatic heterocycles. The Labute approximate surface area is 113 Å². The molecule has 0 aromatic heterocycles. The third kappa shape index (κ3) is 2.81. The standard InChI is InChI=1S/C14H21N3O2/c1-9-7-17(8-14(2,3)19-9)11-6-4-5-10(12(11)15)13(16)18/h4-6,9H,7-8,15H2,1-3H3,(H2,16,18). The van der Waals surface area contributed by atoms with Crippen molar-refractivity contribution in [3.63, 3.8) is 0 Å². The molecule has 1 saturated heterocycles. The summed E-state index contributed by atoms with van der Waals surface area (Å²) in [5.41, 5.74) is 12.8. The minimum absolute atomic E-state index is 0.111. The van der Waals surface area contributed by atoms with Crippen molar-refractivity contribution in [1.82, 2.24) is 0 Å². The van der Waals surface area contributed by atoms with Gasteiger partial charge in [0.2, 0.25) is 0 Å². The number of anilines is 2. The van der Waals surface area contributed by atoms with E-state index in [1.54, 1.807) is 12.1 Å². The molecule has 1 aliphatic rings. The van der Waals surface area contributed by atoms with Crippen LogP contribution in [0.25, 0.3) is 0 Å². The van der Waals surface area contributed by atoms with Crippen molar-refractivity contribution in [2.45, 2.75) is 32.5 Å². The highest BCUT2D eigenvalue weighted by Crippen LogP contribution is 2.31. The highest BCUT2D eigenvalue weighted by atomic mass is 16.5. The van der Waals surface area contributed by atoms with Gasteiger partial charge in [-0.2, -0.15) is 0 Å². The van der Waals surface area contributed by atoms with E-state index in [1.165, 1.54) is 0 Å². The summed E-state index contributed by atoms with van der Waals surface area (Å²) < 4.78 is 5.87. The van der Waals surface area contributed by atoms with Gasteiger partial charge >= 0.3 is 0 Å². The fourth-order valence-electron chi connectivity index (χ4n) is 2.68. The maximum atomic E-state index is 11.3. The number of para-hydroxylation sites is 1. The first-order valence-electron chi connectivity index (χ1n) is 6.41. The molecule has 0 aliphatic carbocycles. The molecule has 0 radical (unpaired) electrons. The zero-order valence-corrected chi connectivity index (χ0v) is 11.6. The second-order valence-corrected chi connectivity index (χ2v) is 5.67. The van der Waals surface area contributed by atoms with E-state index in [-0.39, 0.29) is 11.7 Å². The Bertz CT molecular complexity index is 499. The molecule has 1 aromatic carbocycles. The van der Waals surface area contributed by atoms with Gasteiger partial charge in [0, 0.05) is 13.1 Å². The van der Waals surface area contributed by atoms with Gasteiger partial charge < -0.3 is 21.1 Å². The molecule has 0 spiro atoms. The lowest BCUT2D eigenvalue weighted by molar-refractivity contribution is -0.0749. The first-order valence-corrected chi connectivity index (χ1v) is 6.41. The van der Waals surface area contributed by atoms with E-state index >= 15 is 0 Å². The first-order chi connectivity index (χ1) is 8.80. The second kappa shape index (κ2) is 4.74. The number of nitrogens with zero attached hydrogens (tertiary/aromatic N) is 1. The number of ether oxygens (including phenoxy) is 1. The summed E-state index contributed by atoms with van der Waals surface area (Å²) in [6, 6.07) is 5.37. The van der Waals surface area contributed by atoms with Crippen molar-refractivity contribution in [2.24, 2.45) is 5.73 Å². The van der Waals surface area contributed by atoms with Gasteiger partial charge in [0.25, 0.3) is 5.91 Å². The maximum Gasteiger partial charge on any atom is 0.250 e. The van der Waals surface area contributed by atoms with Gasteiger partial charge in [-0.05, 0) is 32.9 Å². The molecule has 0 saturated carbocycles. The van der Waals surface area contributed by atoms with Crippen LogP contribution in [0.1, 0.15) is 31.1 Å². The molecule has 1 unspecified atom stereocenters. The first kappa shape index (κ1) is 13.7. The molecule has 1 fully saturated rings. The molecule has 5 heteroatoms. The van der Waals surface area contributed by atoms with Crippen molar-refractivity contribution in [1.29, 1.82) is 0 Å². The Morgan fingerprint density at radius 3 is 2.74 bits per heavy atom. The largest absolute Gasteiger partial charge is 0.396 e. The lowest BCUT2D eigenvalue weighted by Gasteiger charge is -2.43. The highest BCUT2D eigenvalue weighted by molar-refractivity contribution is 6.00. The van der Waals surface area contributed by atoms with Gasteiger partial charge in [-0.3, -0.25) is 4.79 Å². The minimum atomic E-state index is -0.500. The van der Waals surface area contributed by atoms with Crippen LogP contribution in [0.3, 0.4) is 0 Å². The smallest absolute Gasteiger partial charge is 0.250 e. The molecule has 104 valence electrons. The summed E-state index contributed by atoms with van der Waals surface area (Å²) in [4.78, 5) is 13.5. The lowest BCUT2D eigenvalue weighted by Crippen LogP contribution is -2.52. The second-order valence-electron chi connectivity index (χ2n) is 5.67. The van der Waals surface area contributed by atoms with Crippen molar-refractivity contribution in [2.75, 3.05) is 23.7 Å². The maximum absolute atomic E-state index is 11.3. The average Bonchev–Trinajstić information content (AvgIpc) is 2.25. The molecule has 19 heavy (non-hydrogen) atoms. The van der Waals surface area contributed by atoms with Crippen LogP contribution in [0.5, 0.6) is 0 Å². The number of rotatable bonds is 2. The topological polar surface area (TPSA) is 81.6 Å². The summed E-state index contributed by atoms with van der Waals surface area (Å²) in [6.45, 7) is 7.59. The van der Waals surface area contributed by atoms with Crippen LogP contribution < -0.4 is 16.4 Å². The Morgan fingerprint density at radius 1 is 1.47 bits per heavy atom. The Kier molecular flexibility index (Phi) is 3.41. The number of hydrogen-bond acceptors (Lipinski definition) is 4. The van der Waals surface area contributed by atoms with E-state index < -0.39 is 5.91 Å². The van der Waals surface area contributed by atoms with E-state index in [0.717, 1.165) is 18.8 Å². The van der Waals surface area contributed by atoms with E-state index in [0.29, 0.717) is 11.3 Å². The number of nitrogens with two attached hydrogens (primary N) is 2. The van der Waals surface area contributed by atoms with Crippen molar-refractivity contribution in [3.8, 4) is 0 Å². The number of hydrogen-bond donors (Lipinski definition) is 2. The average molecular weight is 263 g/mol. The minimum Gasteiger partial charge on any atom is -0.396 e. The van der Waals surface area contributed by atoms with Crippen LogP contribution in [0.15, 0.2) is 18.2 Å². The quantitative estimate of drug-likeness (QED) is 0.790. The van der Waals surface area contributed by atoms with Gasteiger partial charge in [0.05, 0.1) is 28.6 Å². The monoisotopic (exact) mass is 263 g/mol. The van der Waals surface area contributed by atoms with Gasteiger partial charge in [0.1, 0.15) is 0 Å². The Hall–Kier alpha value is -1.75.